The second kappa shape index (κ2) is 7.93. The third-order valence-corrected chi connectivity index (χ3v) is 5.43. The highest BCUT2D eigenvalue weighted by Crippen LogP contribution is 2.23. The molecule has 0 fully saturated rings. The highest BCUT2D eigenvalue weighted by atomic mass is 32.1. The largest absolute Gasteiger partial charge is 0.317 e. The van der Waals surface area contributed by atoms with E-state index in [9.17, 15) is 14.0 Å². The first-order valence-corrected chi connectivity index (χ1v) is 9.86. The van der Waals surface area contributed by atoms with Crippen molar-refractivity contribution in [3.63, 3.8) is 0 Å². The number of rotatable bonds is 5. The van der Waals surface area contributed by atoms with E-state index < -0.39 is 17.5 Å². The molecule has 0 saturated carbocycles. The second-order valence-electron chi connectivity index (χ2n) is 6.79. The molecule has 5 nitrogen and oxygen atoms in total. The molecule has 4 rings (SSSR count). The van der Waals surface area contributed by atoms with Crippen molar-refractivity contribution < 1.29 is 14.0 Å². The minimum Gasteiger partial charge on any atom is -0.317 e. The number of aryl methyl sites for hydroxylation is 1. The van der Waals surface area contributed by atoms with Crippen molar-refractivity contribution in [2.45, 2.75) is 13.3 Å². The Labute approximate surface area is 176 Å². The fraction of sp³-hybridized carbons (Fsp3) is 0.0870. The van der Waals surface area contributed by atoms with Crippen molar-refractivity contribution in [2.75, 3.05) is 5.32 Å². The van der Waals surface area contributed by atoms with Crippen molar-refractivity contribution in [3.8, 4) is 12.3 Å². The molecular formula is C23H16FN3O2S. The minimum absolute atomic E-state index is 0.212. The zero-order valence-corrected chi connectivity index (χ0v) is 16.8. The molecule has 0 bridgehead atoms. The standard InChI is InChI=1S/C23H16FN3O2S/c1-3-15-4-6-16(7-5-15)11-18-12-19(20-9-8-17(24)13-27(18)20)22(28)23(29)25-21-10-14(2)26-30-21/h1,4-10,12-13H,11H2,2H3,(H,25,29). The Morgan fingerprint density at radius 2 is 1.97 bits per heavy atom. The van der Waals surface area contributed by atoms with Crippen LogP contribution in [0.2, 0.25) is 0 Å². The van der Waals surface area contributed by atoms with Gasteiger partial charge in [0, 0.05) is 23.9 Å². The third kappa shape index (κ3) is 3.86. The molecule has 3 aromatic heterocycles. The average molecular weight is 417 g/mol. The predicted octanol–water partition coefficient (Wildman–Crippen LogP) is 4.24. The molecule has 0 aliphatic heterocycles. The summed E-state index contributed by atoms with van der Waals surface area (Å²) in [7, 11) is 0. The number of anilines is 1. The molecule has 0 saturated heterocycles. The summed E-state index contributed by atoms with van der Waals surface area (Å²) in [4.78, 5) is 25.3. The summed E-state index contributed by atoms with van der Waals surface area (Å²) in [5.74, 6) is 0.662. The Balaban J connectivity index is 1.68. The molecule has 4 aromatic rings. The number of terminal acetylenes is 1. The maximum atomic E-state index is 13.9. The van der Waals surface area contributed by atoms with Crippen LogP contribution in [0.5, 0.6) is 0 Å². The number of nitrogens with zero attached hydrogens (tertiary/aromatic N) is 2. The molecule has 0 aliphatic rings. The van der Waals surface area contributed by atoms with Crippen LogP contribution in [0.4, 0.5) is 9.39 Å². The van der Waals surface area contributed by atoms with Gasteiger partial charge in [0.1, 0.15) is 10.8 Å². The van der Waals surface area contributed by atoms with Crippen molar-refractivity contribution in [1.29, 1.82) is 0 Å². The van der Waals surface area contributed by atoms with Crippen LogP contribution in [0.3, 0.4) is 0 Å². The minimum atomic E-state index is -0.764. The van der Waals surface area contributed by atoms with E-state index in [2.05, 4.69) is 15.6 Å². The van der Waals surface area contributed by atoms with Crippen LogP contribution < -0.4 is 5.32 Å². The molecule has 0 aliphatic carbocycles. The van der Waals surface area contributed by atoms with Crippen LogP contribution in [0.25, 0.3) is 5.52 Å². The number of carbonyl (C=O) groups excluding carboxylic acids is 2. The highest BCUT2D eigenvalue weighted by molar-refractivity contribution is 7.10. The zero-order chi connectivity index (χ0) is 21.3. The predicted molar refractivity (Wildman–Crippen MR) is 114 cm³/mol. The topological polar surface area (TPSA) is 63.5 Å². The van der Waals surface area contributed by atoms with Gasteiger partial charge in [-0.25, -0.2) is 4.39 Å². The molecule has 1 N–H and O–H groups in total. The molecule has 30 heavy (non-hydrogen) atoms. The lowest BCUT2D eigenvalue weighted by molar-refractivity contribution is -0.112. The number of ketones is 1. The molecular weight excluding hydrogens is 401 g/mol. The van der Waals surface area contributed by atoms with Gasteiger partial charge in [0.25, 0.3) is 11.7 Å². The summed E-state index contributed by atoms with van der Waals surface area (Å²) < 4.78 is 19.6. The van der Waals surface area contributed by atoms with Gasteiger partial charge in [-0.05, 0) is 60.4 Å². The first-order chi connectivity index (χ1) is 14.4. The Hall–Kier alpha value is -3.76. The van der Waals surface area contributed by atoms with Gasteiger partial charge in [-0.3, -0.25) is 9.59 Å². The summed E-state index contributed by atoms with van der Waals surface area (Å²) >= 11 is 1.10. The quantitative estimate of drug-likeness (QED) is 0.300. The van der Waals surface area contributed by atoms with Crippen LogP contribution in [-0.4, -0.2) is 20.5 Å². The van der Waals surface area contributed by atoms with Crippen molar-refractivity contribution in [2.24, 2.45) is 0 Å². The third-order valence-electron chi connectivity index (χ3n) is 4.63. The molecule has 148 valence electrons. The molecule has 0 unspecified atom stereocenters. The van der Waals surface area contributed by atoms with Gasteiger partial charge in [-0.2, -0.15) is 4.37 Å². The Morgan fingerprint density at radius 3 is 2.63 bits per heavy atom. The number of halogens is 1. The number of aromatic nitrogens is 2. The van der Waals surface area contributed by atoms with Crippen molar-refractivity contribution in [1.82, 2.24) is 8.77 Å². The number of Topliss-reactive ketones (excluding diaryl/α,β-unsaturated/α-hetero) is 1. The van der Waals surface area contributed by atoms with E-state index in [1.54, 1.807) is 23.5 Å². The molecule has 0 atom stereocenters. The lowest BCUT2D eigenvalue weighted by atomic mass is 10.1. The number of amides is 1. The summed E-state index contributed by atoms with van der Waals surface area (Å²) in [6.45, 7) is 1.80. The molecule has 1 amide bonds. The SMILES string of the molecule is C#Cc1ccc(Cc2cc(C(=O)C(=O)Nc3cc(C)ns3)c3ccc(F)cn23)cc1. The molecule has 3 heterocycles. The van der Waals surface area contributed by atoms with Crippen LogP contribution in [0.1, 0.15) is 32.9 Å². The van der Waals surface area contributed by atoms with Gasteiger partial charge in [0.05, 0.1) is 16.8 Å². The number of pyridine rings is 1. The Kier molecular flexibility index (Phi) is 5.17. The Bertz CT molecular complexity index is 1310. The van der Waals surface area contributed by atoms with E-state index in [-0.39, 0.29) is 5.56 Å². The summed E-state index contributed by atoms with van der Waals surface area (Å²) in [5.41, 5.74) is 3.82. The second-order valence-corrected chi connectivity index (χ2v) is 7.59. The number of nitrogens with one attached hydrogen (secondary N) is 1. The van der Waals surface area contributed by atoms with E-state index in [0.717, 1.165) is 28.4 Å². The molecule has 0 radical (unpaired) electrons. The average Bonchev–Trinajstić information content (AvgIpc) is 3.31. The Morgan fingerprint density at radius 1 is 1.20 bits per heavy atom. The monoisotopic (exact) mass is 417 g/mol. The van der Waals surface area contributed by atoms with E-state index in [1.165, 1.54) is 18.3 Å². The van der Waals surface area contributed by atoms with Gasteiger partial charge < -0.3 is 9.72 Å². The smallest absolute Gasteiger partial charge is 0.297 e. The van der Waals surface area contributed by atoms with Gasteiger partial charge in [-0.15, -0.1) is 6.42 Å². The van der Waals surface area contributed by atoms with Crippen LogP contribution >= 0.6 is 11.5 Å². The van der Waals surface area contributed by atoms with Crippen LogP contribution in [-0.2, 0) is 11.2 Å². The number of fused-ring (bicyclic) bond motifs is 1. The first kappa shape index (κ1) is 19.6. The van der Waals surface area contributed by atoms with Gasteiger partial charge in [0.2, 0.25) is 0 Å². The van der Waals surface area contributed by atoms with E-state index in [0.29, 0.717) is 22.6 Å². The fourth-order valence-electron chi connectivity index (χ4n) is 3.20. The van der Waals surface area contributed by atoms with Gasteiger partial charge >= 0.3 is 0 Å². The van der Waals surface area contributed by atoms with E-state index in [4.69, 9.17) is 6.42 Å². The normalized spacial score (nSPS) is 10.7. The zero-order valence-electron chi connectivity index (χ0n) is 16.0. The maximum absolute atomic E-state index is 13.9. The van der Waals surface area contributed by atoms with Crippen molar-refractivity contribution >= 4 is 33.7 Å². The van der Waals surface area contributed by atoms with Crippen LogP contribution in [0, 0.1) is 25.1 Å². The fourth-order valence-corrected chi connectivity index (χ4v) is 3.86. The molecule has 0 spiro atoms. The number of hydrogen-bond donors (Lipinski definition) is 1. The molecule has 1 aromatic carbocycles. The van der Waals surface area contributed by atoms with Gasteiger partial charge in [-0.1, -0.05) is 18.1 Å². The number of benzene rings is 1. The lowest BCUT2D eigenvalue weighted by Gasteiger charge is -2.04. The van der Waals surface area contributed by atoms with E-state index >= 15 is 0 Å². The number of carbonyl (C=O) groups is 2. The summed E-state index contributed by atoms with van der Waals surface area (Å²) in [6.07, 6.45) is 7.14. The van der Waals surface area contributed by atoms with E-state index in [1.807, 2.05) is 24.3 Å². The molecule has 7 heteroatoms. The highest BCUT2D eigenvalue weighted by Gasteiger charge is 2.23. The van der Waals surface area contributed by atoms with Crippen LogP contribution in [0.15, 0.2) is 54.7 Å². The number of hydrogen-bond acceptors (Lipinski definition) is 4. The first-order valence-electron chi connectivity index (χ1n) is 9.08. The summed E-state index contributed by atoms with van der Waals surface area (Å²) in [5, 5.41) is 3.07. The van der Waals surface area contributed by atoms with Gasteiger partial charge in [0.15, 0.2) is 0 Å². The maximum Gasteiger partial charge on any atom is 0.297 e. The van der Waals surface area contributed by atoms with Crippen molar-refractivity contribution in [3.05, 3.63) is 88.6 Å². The summed E-state index contributed by atoms with van der Waals surface area (Å²) in [6, 6.07) is 13.5. The lowest BCUT2D eigenvalue weighted by Crippen LogP contribution is -2.22.